The van der Waals surface area contributed by atoms with Gasteiger partial charge in [-0.1, -0.05) is 9.94 Å². The molecule has 2 bridgehead atoms. The molecule has 0 unspecified atom stereocenters. The lowest BCUT2D eigenvalue weighted by atomic mass is 10.9. The summed E-state index contributed by atoms with van der Waals surface area (Å²) < 4.78 is 19.5. The minimum absolute atomic E-state index is 0.241. The van der Waals surface area contributed by atoms with Crippen molar-refractivity contribution in [3.05, 3.63) is 6.20 Å². The molecule has 0 aromatic carbocycles. The Morgan fingerprint density at radius 2 is 2.67 bits per heavy atom. The van der Waals surface area contributed by atoms with Gasteiger partial charge in [-0.05, 0) is 5.21 Å². The largest absolute Gasteiger partial charge is 0.802 e. The summed E-state index contributed by atoms with van der Waals surface area (Å²) >= 11 is 0. The van der Waals surface area contributed by atoms with E-state index in [0.717, 1.165) is 4.85 Å². The van der Waals surface area contributed by atoms with Gasteiger partial charge >= 0.3 is 9.17 Å². The molecule has 7 heteroatoms. The first-order chi connectivity index (χ1) is 4.34. The van der Waals surface area contributed by atoms with Crippen LogP contribution in [0.5, 0.6) is 5.88 Å². The second-order valence-corrected chi connectivity index (χ2v) is 2.29. The molecule has 0 fully saturated rings. The SMILES string of the molecule is O=[Si]1Oc2cn(nn2)O1. The first-order valence-electron chi connectivity index (χ1n) is 2.17. The van der Waals surface area contributed by atoms with Crippen LogP contribution in [0.1, 0.15) is 0 Å². The second kappa shape index (κ2) is 1.38. The van der Waals surface area contributed by atoms with Gasteiger partial charge in [0.1, 0.15) is 6.20 Å². The van der Waals surface area contributed by atoms with Crippen LogP contribution in [0.3, 0.4) is 0 Å². The van der Waals surface area contributed by atoms with E-state index in [1.54, 1.807) is 0 Å². The molecule has 0 aliphatic carbocycles. The zero-order chi connectivity index (χ0) is 6.27. The molecule has 0 saturated heterocycles. The van der Waals surface area contributed by atoms with Crippen LogP contribution >= 0.6 is 0 Å². The molecular formula is C2HN3O3Si. The minimum Gasteiger partial charge on any atom is -0.439 e. The zero-order valence-electron chi connectivity index (χ0n) is 4.14. The lowest BCUT2D eigenvalue weighted by Gasteiger charge is -2.01. The number of nitrogens with zero attached hydrogens (tertiary/aromatic N) is 3. The Bertz CT molecular complexity index is 235. The lowest BCUT2D eigenvalue weighted by molar-refractivity contribution is 0.165. The minimum atomic E-state index is -2.41. The molecule has 46 valence electrons. The highest BCUT2D eigenvalue weighted by molar-refractivity contribution is 6.27. The monoisotopic (exact) mass is 143 g/mol. The van der Waals surface area contributed by atoms with Crippen LogP contribution in [-0.2, 0) is 4.46 Å². The van der Waals surface area contributed by atoms with Gasteiger partial charge < -0.3 is 8.95 Å². The van der Waals surface area contributed by atoms with Crippen molar-refractivity contribution in [1.82, 2.24) is 15.2 Å². The van der Waals surface area contributed by atoms with Crippen molar-refractivity contribution in [3.63, 3.8) is 0 Å². The fourth-order valence-electron chi connectivity index (χ4n) is 0.506. The molecular weight excluding hydrogens is 142 g/mol. The first-order valence-corrected chi connectivity index (χ1v) is 3.39. The Kier molecular flexibility index (Phi) is 0.706. The quantitative estimate of drug-likeness (QED) is 0.414. The van der Waals surface area contributed by atoms with Crippen LogP contribution in [0, 0.1) is 0 Å². The van der Waals surface area contributed by atoms with Gasteiger partial charge in [0, 0.05) is 0 Å². The van der Waals surface area contributed by atoms with E-state index in [4.69, 9.17) is 0 Å². The first kappa shape index (κ1) is 4.62. The van der Waals surface area contributed by atoms with Gasteiger partial charge in [-0.2, -0.15) is 0 Å². The molecule has 1 aliphatic heterocycles. The normalized spacial score (nSPS) is 14.4. The highest BCUT2D eigenvalue weighted by Crippen LogP contribution is 2.04. The van der Waals surface area contributed by atoms with Crippen LogP contribution in [0.15, 0.2) is 6.20 Å². The molecule has 9 heavy (non-hydrogen) atoms. The highest BCUT2D eigenvalue weighted by atomic mass is 28.3. The maximum absolute atomic E-state index is 10.5. The van der Waals surface area contributed by atoms with E-state index in [-0.39, 0.29) is 5.88 Å². The zero-order valence-corrected chi connectivity index (χ0v) is 5.14. The predicted molar refractivity (Wildman–Crippen MR) is 23.7 cm³/mol. The Hall–Kier alpha value is -1.24. The number of hydrogen-bond donors (Lipinski definition) is 0. The molecule has 0 radical (unpaired) electrons. The van der Waals surface area contributed by atoms with E-state index >= 15 is 0 Å². The molecule has 0 atom stereocenters. The van der Waals surface area contributed by atoms with E-state index in [9.17, 15) is 4.46 Å². The van der Waals surface area contributed by atoms with Gasteiger partial charge in [0.15, 0.2) is 0 Å². The Balaban J connectivity index is 2.51. The van der Waals surface area contributed by atoms with Crippen molar-refractivity contribution in [2.24, 2.45) is 0 Å². The van der Waals surface area contributed by atoms with Crippen molar-refractivity contribution in [2.75, 3.05) is 0 Å². The summed E-state index contributed by atoms with van der Waals surface area (Å²) in [6, 6.07) is 0. The molecule has 0 saturated carbocycles. The average molecular weight is 143 g/mol. The molecule has 1 aromatic heterocycles. The fourth-order valence-corrected chi connectivity index (χ4v) is 1.05. The van der Waals surface area contributed by atoms with E-state index in [1.165, 1.54) is 6.20 Å². The van der Waals surface area contributed by atoms with Crippen LogP contribution in [-0.4, -0.2) is 24.3 Å². The van der Waals surface area contributed by atoms with Crippen molar-refractivity contribution in [1.29, 1.82) is 0 Å². The molecule has 0 spiro atoms. The van der Waals surface area contributed by atoms with Gasteiger partial charge in [0.05, 0.1) is 0 Å². The van der Waals surface area contributed by atoms with Crippen LogP contribution in [0.2, 0.25) is 0 Å². The number of rotatable bonds is 0. The summed E-state index contributed by atoms with van der Waals surface area (Å²) in [6.45, 7) is 0. The van der Waals surface area contributed by atoms with E-state index in [1.807, 2.05) is 0 Å². The van der Waals surface area contributed by atoms with Gasteiger partial charge in [0.2, 0.25) is 0 Å². The molecule has 6 nitrogen and oxygen atoms in total. The van der Waals surface area contributed by atoms with Crippen molar-refractivity contribution in [2.45, 2.75) is 0 Å². The summed E-state index contributed by atoms with van der Waals surface area (Å²) in [5, 5.41) is 6.83. The summed E-state index contributed by atoms with van der Waals surface area (Å²) in [7, 11) is -2.41. The van der Waals surface area contributed by atoms with E-state index < -0.39 is 9.17 Å². The average Bonchev–Trinajstić information content (AvgIpc) is 2.11. The van der Waals surface area contributed by atoms with Crippen molar-refractivity contribution >= 4 is 9.17 Å². The van der Waals surface area contributed by atoms with E-state index in [2.05, 4.69) is 19.3 Å². The third-order valence-electron chi connectivity index (χ3n) is 0.808. The third kappa shape index (κ3) is 0.616. The summed E-state index contributed by atoms with van der Waals surface area (Å²) in [4.78, 5) is 1.01. The topological polar surface area (TPSA) is 66.2 Å². The summed E-state index contributed by atoms with van der Waals surface area (Å²) in [6.07, 6.45) is 1.39. The standard InChI is InChI=1S/C2HN3O3Si/c6-9-7-2-1-5(8-9)4-3-2/h1H. The Labute approximate surface area is 50.9 Å². The van der Waals surface area contributed by atoms with Gasteiger partial charge in [-0.3, -0.25) is 4.46 Å². The Morgan fingerprint density at radius 3 is 3.44 bits per heavy atom. The Morgan fingerprint density at radius 1 is 1.78 bits per heavy atom. The summed E-state index contributed by atoms with van der Waals surface area (Å²) in [5.41, 5.74) is 0. The number of fused-ring (bicyclic) bond motifs is 2. The molecule has 2 heterocycles. The lowest BCUT2D eigenvalue weighted by Crippen LogP contribution is -2.29. The van der Waals surface area contributed by atoms with Crippen LogP contribution in [0.25, 0.3) is 0 Å². The van der Waals surface area contributed by atoms with Gasteiger partial charge in [0.25, 0.3) is 5.88 Å². The molecule has 1 aliphatic rings. The smallest absolute Gasteiger partial charge is 0.439 e. The molecule has 2 rings (SSSR count). The maximum Gasteiger partial charge on any atom is 0.802 e. The molecule has 0 N–H and O–H groups in total. The molecule has 1 aromatic rings. The molecule has 0 amide bonds. The number of hydrogen-bond acceptors (Lipinski definition) is 5. The predicted octanol–water partition coefficient (Wildman–Crippen LogP) is -1.49. The summed E-state index contributed by atoms with van der Waals surface area (Å²) in [5.74, 6) is 0.241. The number of aromatic nitrogens is 3. The van der Waals surface area contributed by atoms with Crippen molar-refractivity contribution < 1.29 is 13.4 Å². The third-order valence-corrected chi connectivity index (χ3v) is 1.52. The second-order valence-electron chi connectivity index (χ2n) is 1.40. The van der Waals surface area contributed by atoms with Gasteiger partial charge in [-0.25, -0.2) is 0 Å². The van der Waals surface area contributed by atoms with E-state index in [0.29, 0.717) is 0 Å². The fraction of sp³-hybridized carbons (Fsp3) is 0. The van der Waals surface area contributed by atoms with Crippen LogP contribution in [0.4, 0.5) is 0 Å². The highest BCUT2D eigenvalue weighted by Gasteiger charge is 2.22. The maximum atomic E-state index is 10.5. The van der Waals surface area contributed by atoms with Crippen molar-refractivity contribution in [3.8, 4) is 5.88 Å². The van der Waals surface area contributed by atoms with Gasteiger partial charge in [-0.15, -0.1) is 0 Å². The van der Waals surface area contributed by atoms with Crippen LogP contribution < -0.4 is 8.95 Å².